The van der Waals surface area contributed by atoms with E-state index in [-0.39, 0.29) is 5.82 Å². The molecule has 3 aromatic rings. The normalized spacial score (nSPS) is 12.1. The highest BCUT2D eigenvalue weighted by Gasteiger charge is 2.08. The van der Waals surface area contributed by atoms with Gasteiger partial charge in [-0.25, -0.2) is 14.8 Å². The lowest BCUT2D eigenvalue weighted by molar-refractivity contribution is 0.209. The van der Waals surface area contributed by atoms with Crippen LogP contribution in [-0.4, -0.2) is 31.6 Å². The van der Waals surface area contributed by atoms with Crippen molar-refractivity contribution in [2.24, 2.45) is 0 Å². The number of hydrogen-bond donors (Lipinski definition) is 2. The fraction of sp³-hybridized carbons (Fsp3) is 0.118. The van der Waals surface area contributed by atoms with Gasteiger partial charge in [0.2, 0.25) is 0 Å². The number of nitrogens with zero attached hydrogens (tertiary/aromatic N) is 2. The van der Waals surface area contributed by atoms with Gasteiger partial charge in [-0.1, -0.05) is 12.1 Å². The monoisotopic (exact) mass is 341 g/mol. The summed E-state index contributed by atoms with van der Waals surface area (Å²) in [6.45, 7) is 1.95. The van der Waals surface area contributed by atoms with Crippen LogP contribution in [0.2, 0.25) is 0 Å². The number of benzene rings is 1. The van der Waals surface area contributed by atoms with Crippen LogP contribution in [0.1, 0.15) is 5.56 Å². The zero-order valence-corrected chi connectivity index (χ0v) is 13.9. The molecule has 24 heavy (non-hydrogen) atoms. The standard InChI is InChI=1S/C17H15N3O3S/c1-10-5-16(24(2)23)19-9-14(10)12-4-3-11-7-15(20-17(21)22)18-8-13(11)6-12/h3-9H,1-2H3,(H,18,20)(H,21,22). The smallest absolute Gasteiger partial charge is 0.410 e. The Labute approximate surface area is 141 Å². The maximum Gasteiger partial charge on any atom is 0.410 e. The topological polar surface area (TPSA) is 92.2 Å². The highest BCUT2D eigenvalue weighted by atomic mass is 32.2. The molecule has 1 unspecified atom stereocenters. The van der Waals surface area contributed by atoms with Crippen molar-refractivity contribution in [1.29, 1.82) is 0 Å². The summed E-state index contributed by atoms with van der Waals surface area (Å²) in [5.74, 6) is 0.287. The Morgan fingerprint density at radius 1 is 1.12 bits per heavy atom. The van der Waals surface area contributed by atoms with Gasteiger partial charge in [0.15, 0.2) is 0 Å². The van der Waals surface area contributed by atoms with E-state index in [9.17, 15) is 9.00 Å². The SMILES string of the molecule is Cc1cc(S(C)=O)ncc1-c1ccc2cc(NC(=O)O)ncc2c1. The molecular formula is C17H15N3O3S. The van der Waals surface area contributed by atoms with E-state index in [0.717, 1.165) is 27.5 Å². The van der Waals surface area contributed by atoms with Crippen LogP contribution in [0.25, 0.3) is 21.9 Å². The maximum absolute atomic E-state index is 11.5. The van der Waals surface area contributed by atoms with E-state index >= 15 is 0 Å². The number of aryl methyl sites for hydroxylation is 1. The Hall–Kier alpha value is -2.80. The summed E-state index contributed by atoms with van der Waals surface area (Å²) < 4.78 is 11.5. The molecule has 0 radical (unpaired) electrons. The van der Waals surface area contributed by atoms with Crippen molar-refractivity contribution in [2.75, 3.05) is 11.6 Å². The van der Waals surface area contributed by atoms with Gasteiger partial charge >= 0.3 is 6.09 Å². The molecule has 0 saturated carbocycles. The van der Waals surface area contributed by atoms with E-state index in [1.54, 1.807) is 24.7 Å². The van der Waals surface area contributed by atoms with Gasteiger partial charge in [0.1, 0.15) is 10.8 Å². The van der Waals surface area contributed by atoms with Crippen molar-refractivity contribution in [3.8, 4) is 11.1 Å². The first-order valence-corrected chi connectivity index (χ1v) is 8.70. The maximum atomic E-state index is 11.5. The van der Waals surface area contributed by atoms with Crippen LogP contribution in [0.5, 0.6) is 0 Å². The first-order valence-electron chi connectivity index (χ1n) is 7.14. The van der Waals surface area contributed by atoms with E-state index in [2.05, 4.69) is 15.3 Å². The van der Waals surface area contributed by atoms with Crippen LogP contribution >= 0.6 is 0 Å². The van der Waals surface area contributed by atoms with Gasteiger partial charge in [0.25, 0.3) is 0 Å². The number of anilines is 1. The average Bonchev–Trinajstić information content (AvgIpc) is 2.53. The molecule has 0 aliphatic heterocycles. The second-order valence-corrected chi connectivity index (χ2v) is 6.68. The fourth-order valence-corrected chi connectivity index (χ4v) is 3.02. The van der Waals surface area contributed by atoms with Crippen molar-refractivity contribution in [2.45, 2.75) is 11.9 Å². The largest absolute Gasteiger partial charge is 0.465 e. The molecule has 0 aliphatic carbocycles. The second kappa shape index (κ2) is 6.37. The van der Waals surface area contributed by atoms with E-state index < -0.39 is 16.9 Å². The van der Waals surface area contributed by atoms with Crippen molar-refractivity contribution >= 4 is 33.5 Å². The van der Waals surface area contributed by atoms with E-state index in [1.807, 2.05) is 31.2 Å². The van der Waals surface area contributed by atoms with Gasteiger partial charge in [-0.05, 0) is 41.6 Å². The third-order valence-electron chi connectivity index (χ3n) is 3.65. The Morgan fingerprint density at radius 2 is 1.92 bits per heavy atom. The van der Waals surface area contributed by atoms with Gasteiger partial charge in [-0.15, -0.1) is 0 Å². The number of carbonyl (C=O) groups is 1. The Kier molecular flexibility index (Phi) is 4.26. The van der Waals surface area contributed by atoms with Crippen LogP contribution in [0.15, 0.2) is 47.8 Å². The van der Waals surface area contributed by atoms with Crippen molar-refractivity contribution in [3.63, 3.8) is 0 Å². The summed E-state index contributed by atoms with van der Waals surface area (Å²) in [7, 11) is -1.11. The third-order valence-corrected chi connectivity index (χ3v) is 4.46. The molecule has 0 fully saturated rings. The number of pyridine rings is 2. The summed E-state index contributed by atoms with van der Waals surface area (Å²) in [5, 5.41) is 13.3. The molecular weight excluding hydrogens is 326 g/mol. The first-order chi connectivity index (χ1) is 11.4. The molecule has 1 amide bonds. The molecule has 1 atom stereocenters. The second-order valence-electron chi connectivity index (χ2n) is 5.35. The lowest BCUT2D eigenvalue weighted by atomic mass is 10.0. The first kappa shape index (κ1) is 16.1. The zero-order chi connectivity index (χ0) is 17.3. The molecule has 0 spiro atoms. The third kappa shape index (κ3) is 3.26. The highest BCUT2D eigenvalue weighted by molar-refractivity contribution is 7.84. The molecule has 0 aliphatic rings. The molecule has 2 N–H and O–H groups in total. The van der Waals surface area contributed by atoms with Crippen molar-refractivity contribution in [3.05, 3.63) is 48.3 Å². The molecule has 6 nitrogen and oxygen atoms in total. The van der Waals surface area contributed by atoms with E-state index in [4.69, 9.17) is 5.11 Å². The number of fused-ring (bicyclic) bond motifs is 1. The van der Waals surface area contributed by atoms with Crippen molar-refractivity contribution < 1.29 is 14.1 Å². The van der Waals surface area contributed by atoms with Crippen LogP contribution in [-0.2, 0) is 10.8 Å². The predicted molar refractivity (Wildman–Crippen MR) is 93.7 cm³/mol. The molecule has 3 rings (SSSR count). The summed E-state index contributed by atoms with van der Waals surface area (Å²) >= 11 is 0. The molecule has 122 valence electrons. The molecule has 1 aromatic carbocycles. The van der Waals surface area contributed by atoms with Crippen LogP contribution in [0.4, 0.5) is 10.6 Å². The lowest BCUT2D eigenvalue weighted by Gasteiger charge is -2.09. The Morgan fingerprint density at radius 3 is 2.58 bits per heavy atom. The molecule has 2 aromatic heterocycles. The van der Waals surface area contributed by atoms with E-state index in [1.165, 1.54) is 0 Å². The fourth-order valence-electron chi connectivity index (χ4n) is 2.48. The van der Waals surface area contributed by atoms with Gasteiger partial charge in [0, 0.05) is 29.6 Å². The molecule has 7 heteroatoms. The Bertz CT molecular complexity index is 972. The van der Waals surface area contributed by atoms with Gasteiger partial charge in [0.05, 0.1) is 10.8 Å². The zero-order valence-electron chi connectivity index (χ0n) is 13.1. The Balaban J connectivity index is 2.02. The summed E-state index contributed by atoms with van der Waals surface area (Å²) in [6, 6.07) is 9.33. The summed E-state index contributed by atoms with van der Waals surface area (Å²) in [4.78, 5) is 19.0. The molecule has 2 heterocycles. The predicted octanol–water partition coefficient (Wildman–Crippen LogP) is 3.43. The average molecular weight is 341 g/mol. The molecule has 0 bridgehead atoms. The van der Waals surface area contributed by atoms with Gasteiger partial charge in [-0.2, -0.15) is 0 Å². The number of carboxylic acid groups (broad SMARTS) is 1. The summed E-state index contributed by atoms with van der Waals surface area (Å²) in [5.41, 5.74) is 2.92. The van der Waals surface area contributed by atoms with Gasteiger partial charge < -0.3 is 5.11 Å². The number of nitrogens with one attached hydrogen (secondary N) is 1. The number of aromatic nitrogens is 2. The van der Waals surface area contributed by atoms with Crippen molar-refractivity contribution in [1.82, 2.24) is 9.97 Å². The minimum atomic E-state index is -1.14. The van der Waals surface area contributed by atoms with Gasteiger partial charge in [-0.3, -0.25) is 9.53 Å². The quantitative estimate of drug-likeness (QED) is 0.761. The minimum absolute atomic E-state index is 0.287. The lowest BCUT2D eigenvalue weighted by Crippen LogP contribution is -2.08. The van der Waals surface area contributed by atoms with Crippen LogP contribution < -0.4 is 5.32 Å². The highest BCUT2D eigenvalue weighted by Crippen LogP contribution is 2.27. The molecule has 0 saturated heterocycles. The summed E-state index contributed by atoms with van der Waals surface area (Å²) in [6.07, 6.45) is 3.81. The van der Waals surface area contributed by atoms with Crippen LogP contribution in [0.3, 0.4) is 0 Å². The minimum Gasteiger partial charge on any atom is -0.465 e. The van der Waals surface area contributed by atoms with E-state index in [0.29, 0.717) is 5.03 Å². The number of amides is 1. The van der Waals surface area contributed by atoms with Crippen LogP contribution in [0, 0.1) is 6.92 Å². The number of hydrogen-bond acceptors (Lipinski definition) is 4. The number of rotatable bonds is 3.